The Kier molecular flexibility index (Phi) is 5.24. The highest BCUT2D eigenvalue weighted by Gasteiger charge is 2.33. The minimum Gasteiger partial charge on any atom is -0.388 e. The van der Waals surface area contributed by atoms with Crippen molar-refractivity contribution in [2.45, 2.75) is 76.9 Å². The molecule has 114 valence electrons. The summed E-state index contributed by atoms with van der Waals surface area (Å²) in [6, 6.07) is 4.85. The number of aliphatic hydroxyl groups excluding tert-OH is 1. The molecule has 2 unspecified atom stereocenters. The maximum atomic E-state index is 10.1. The highest BCUT2D eigenvalue weighted by molar-refractivity contribution is 7.10. The zero-order chi connectivity index (χ0) is 14.8. The lowest BCUT2D eigenvalue weighted by Crippen LogP contribution is -2.50. The molecule has 1 fully saturated rings. The van der Waals surface area contributed by atoms with Crippen LogP contribution in [0.1, 0.15) is 57.9 Å². The third kappa shape index (κ3) is 4.85. The van der Waals surface area contributed by atoms with Gasteiger partial charge in [-0.05, 0) is 58.4 Å². The highest BCUT2D eigenvalue weighted by Crippen LogP contribution is 2.29. The predicted molar refractivity (Wildman–Crippen MR) is 84.1 cm³/mol. The molecule has 2 atom stereocenters. The van der Waals surface area contributed by atoms with Gasteiger partial charge in [0.2, 0.25) is 0 Å². The van der Waals surface area contributed by atoms with Crippen molar-refractivity contribution in [3.8, 4) is 0 Å². The van der Waals surface area contributed by atoms with Crippen LogP contribution in [-0.4, -0.2) is 28.9 Å². The van der Waals surface area contributed by atoms with E-state index in [2.05, 4.69) is 33.0 Å². The summed E-state index contributed by atoms with van der Waals surface area (Å²) in [5.41, 5.74) is -0.0450. The van der Waals surface area contributed by atoms with E-state index in [0.717, 1.165) is 24.1 Å². The van der Waals surface area contributed by atoms with E-state index in [1.54, 1.807) is 11.3 Å². The molecular weight excluding hydrogens is 270 g/mol. The predicted octanol–water partition coefficient (Wildman–Crippen LogP) is 3.50. The lowest BCUT2D eigenvalue weighted by atomic mass is 9.87. The number of nitrogens with one attached hydrogen (secondary N) is 1. The second kappa shape index (κ2) is 6.56. The van der Waals surface area contributed by atoms with Crippen LogP contribution in [0.4, 0.5) is 0 Å². The van der Waals surface area contributed by atoms with Crippen molar-refractivity contribution in [3.63, 3.8) is 0 Å². The summed E-state index contributed by atoms with van der Waals surface area (Å²) in [6.07, 6.45) is 2.97. The van der Waals surface area contributed by atoms with Crippen molar-refractivity contribution in [3.05, 3.63) is 22.4 Å². The molecule has 0 saturated heterocycles. The van der Waals surface area contributed by atoms with E-state index in [1.165, 1.54) is 0 Å². The molecule has 0 aromatic carbocycles. The maximum absolute atomic E-state index is 10.1. The van der Waals surface area contributed by atoms with E-state index in [0.29, 0.717) is 18.2 Å². The Morgan fingerprint density at radius 1 is 1.45 bits per heavy atom. The van der Waals surface area contributed by atoms with Crippen molar-refractivity contribution in [1.82, 2.24) is 5.32 Å². The number of thiophene rings is 1. The van der Waals surface area contributed by atoms with Gasteiger partial charge in [-0.15, -0.1) is 11.3 Å². The third-order valence-corrected chi connectivity index (χ3v) is 4.56. The van der Waals surface area contributed by atoms with Gasteiger partial charge in [-0.25, -0.2) is 0 Å². The van der Waals surface area contributed by atoms with Gasteiger partial charge >= 0.3 is 0 Å². The fraction of sp³-hybridized carbons (Fsp3) is 0.750. The standard InChI is InChI=1S/C16H27NO2S/c1-11(8-14(18)15-6-5-7-20-15)17-12-9-13(10-12)19-16(2,3)4/h5-7,11-14,17-18H,8-10H2,1-4H3. The largest absolute Gasteiger partial charge is 0.388 e. The van der Waals surface area contributed by atoms with E-state index in [1.807, 2.05) is 17.5 Å². The van der Waals surface area contributed by atoms with Gasteiger partial charge in [-0.3, -0.25) is 0 Å². The number of ether oxygens (including phenoxy) is 1. The van der Waals surface area contributed by atoms with Crippen LogP contribution in [0.5, 0.6) is 0 Å². The Bertz CT molecular complexity index is 393. The Balaban J connectivity index is 1.65. The quantitative estimate of drug-likeness (QED) is 0.844. The van der Waals surface area contributed by atoms with Gasteiger partial charge < -0.3 is 15.2 Å². The van der Waals surface area contributed by atoms with Gasteiger partial charge in [0, 0.05) is 17.0 Å². The van der Waals surface area contributed by atoms with Crippen molar-refractivity contribution < 1.29 is 9.84 Å². The third-order valence-electron chi connectivity index (χ3n) is 3.58. The van der Waals surface area contributed by atoms with Crippen molar-refractivity contribution in [2.24, 2.45) is 0 Å². The van der Waals surface area contributed by atoms with Gasteiger partial charge in [-0.2, -0.15) is 0 Å². The molecule has 1 aromatic heterocycles. The number of rotatable bonds is 6. The van der Waals surface area contributed by atoms with Crippen molar-refractivity contribution >= 4 is 11.3 Å². The molecule has 1 heterocycles. The molecule has 0 amide bonds. The fourth-order valence-electron chi connectivity index (χ4n) is 2.70. The van der Waals surface area contributed by atoms with Crippen molar-refractivity contribution in [2.75, 3.05) is 0 Å². The molecule has 1 aromatic rings. The molecular formula is C16H27NO2S. The summed E-state index contributed by atoms with van der Waals surface area (Å²) in [5, 5.41) is 15.7. The molecule has 0 aliphatic heterocycles. The van der Waals surface area contributed by atoms with Crippen LogP contribution in [-0.2, 0) is 4.74 Å². The minimum absolute atomic E-state index is 0.0450. The molecule has 2 N–H and O–H groups in total. The first-order valence-electron chi connectivity index (χ1n) is 7.49. The molecule has 1 aliphatic carbocycles. The molecule has 0 radical (unpaired) electrons. The van der Waals surface area contributed by atoms with Gasteiger partial charge in [0.05, 0.1) is 17.8 Å². The lowest BCUT2D eigenvalue weighted by Gasteiger charge is -2.41. The van der Waals surface area contributed by atoms with E-state index in [4.69, 9.17) is 4.74 Å². The first kappa shape index (κ1) is 16.0. The summed E-state index contributed by atoms with van der Waals surface area (Å²) >= 11 is 1.62. The Morgan fingerprint density at radius 2 is 2.15 bits per heavy atom. The van der Waals surface area contributed by atoms with Crippen LogP contribution in [0, 0.1) is 0 Å². The average Bonchev–Trinajstić information content (AvgIpc) is 2.77. The van der Waals surface area contributed by atoms with Gasteiger partial charge in [0.25, 0.3) is 0 Å². The highest BCUT2D eigenvalue weighted by atomic mass is 32.1. The number of aliphatic hydroxyl groups is 1. The first-order chi connectivity index (χ1) is 9.33. The molecule has 20 heavy (non-hydrogen) atoms. The Hall–Kier alpha value is -0.420. The molecule has 0 bridgehead atoms. The monoisotopic (exact) mass is 297 g/mol. The first-order valence-corrected chi connectivity index (χ1v) is 8.37. The molecule has 0 spiro atoms. The van der Waals surface area contributed by atoms with Crippen LogP contribution < -0.4 is 5.32 Å². The Labute approximate surface area is 126 Å². The second-order valence-electron chi connectivity index (χ2n) is 6.86. The SMILES string of the molecule is CC(CC(O)c1cccs1)NC1CC(OC(C)(C)C)C1. The van der Waals surface area contributed by atoms with Gasteiger partial charge in [-0.1, -0.05) is 6.07 Å². The molecule has 1 saturated carbocycles. The van der Waals surface area contributed by atoms with Crippen LogP contribution in [0.2, 0.25) is 0 Å². The summed E-state index contributed by atoms with van der Waals surface area (Å²) in [5.74, 6) is 0. The van der Waals surface area contributed by atoms with E-state index in [-0.39, 0.29) is 11.7 Å². The molecule has 4 heteroatoms. The minimum atomic E-state index is -0.348. The van der Waals surface area contributed by atoms with Crippen LogP contribution in [0.3, 0.4) is 0 Å². The summed E-state index contributed by atoms with van der Waals surface area (Å²) < 4.78 is 5.94. The summed E-state index contributed by atoms with van der Waals surface area (Å²) in [4.78, 5) is 1.06. The van der Waals surface area contributed by atoms with Gasteiger partial charge in [0.1, 0.15) is 0 Å². The smallest absolute Gasteiger partial charge is 0.0896 e. The molecule has 2 rings (SSSR count). The molecule has 3 nitrogen and oxygen atoms in total. The number of hydrogen-bond acceptors (Lipinski definition) is 4. The van der Waals surface area contributed by atoms with E-state index in [9.17, 15) is 5.11 Å². The molecule has 1 aliphatic rings. The zero-order valence-corrected chi connectivity index (χ0v) is 13.7. The summed E-state index contributed by atoms with van der Waals surface area (Å²) in [7, 11) is 0. The Morgan fingerprint density at radius 3 is 2.70 bits per heavy atom. The van der Waals surface area contributed by atoms with Gasteiger partial charge in [0.15, 0.2) is 0 Å². The zero-order valence-electron chi connectivity index (χ0n) is 12.9. The summed E-state index contributed by atoms with van der Waals surface area (Å²) in [6.45, 7) is 8.46. The normalized spacial score (nSPS) is 26.1. The van der Waals surface area contributed by atoms with E-state index < -0.39 is 0 Å². The van der Waals surface area contributed by atoms with Crippen LogP contribution >= 0.6 is 11.3 Å². The maximum Gasteiger partial charge on any atom is 0.0896 e. The fourth-order valence-corrected chi connectivity index (χ4v) is 3.42. The lowest BCUT2D eigenvalue weighted by molar-refractivity contribution is -0.103. The van der Waals surface area contributed by atoms with Crippen molar-refractivity contribution in [1.29, 1.82) is 0 Å². The van der Waals surface area contributed by atoms with Crippen LogP contribution in [0.25, 0.3) is 0 Å². The topological polar surface area (TPSA) is 41.5 Å². The average molecular weight is 297 g/mol. The van der Waals surface area contributed by atoms with E-state index >= 15 is 0 Å². The van der Waals surface area contributed by atoms with Crippen LogP contribution in [0.15, 0.2) is 17.5 Å². The second-order valence-corrected chi connectivity index (χ2v) is 7.83. The number of hydrogen-bond donors (Lipinski definition) is 2.